The standard InChI is InChI=1S/C9H18O/c1-7(2)9-6-8(3)4-5-10-9/h7-9H,4-6H2,1-3H3/t8-,9+/m1/s1. The fourth-order valence-corrected chi connectivity index (χ4v) is 1.47. The van der Waals surface area contributed by atoms with Gasteiger partial charge in [0.15, 0.2) is 0 Å². The molecular weight excluding hydrogens is 124 g/mol. The Bertz CT molecular complexity index is 98.9. The van der Waals surface area contributed by atoms with Gasteiger partial charge < -0.3 is 4.74 Å². The quantitative estimate of drug-likeness (QED) is 0.546. The molecule has 1 heterocycles. The van der Waals surface area contributed by atoms with Gasteiger partial charge in [0.05, 0.1) is 6.10 Å². The second kappa shape index (κ2) is 3.38. The minimum Gasteiger partial charge on any atom is -0.378 e. The zero-order chi connectivity index (χ0) is 7.56. The van der Waals surface area contributed by atoms with Gasteiger partial charge >= 0.3 is 0 Å². The van der Waals surface area contributed by atoms with Crippen LogP contribution in [-0.2, 0) is 4.74 Å². The van der Waals surface area contributed by atoms with Crippen LogP contribution in [0.2, 0.25) is 0 Å². The minimum atomic E-state index is 0.531. The Kier molecular flexibility index (Phi) is 2.72. The third-order valence-electron chi connectivity index (χ3n) is 2.32. The molecule has 0 N–H and O–H groups in total. The van der Waals surface area contributed by atoms with Crippen LogP contribution in [0.1, 0.15) is 33.6 Å². The maximum atomic E-state index is 5.61. The number of hydrogen-bond donors (Lipinski definition) is 0. The van der Waals surface area contributed by atoms with Crippen molar-refractivity contribution in [1.29, 1.82) is 0 Å². The van der Waals surface area contributed by atoms with E-state index in [1.807, 2.05) is 0 Å². The molecule has 2 atom stereocenters. The highest BCUT2D eigenvalue weighted by molar-refractivity contribution is 4.70. The third kappa shape index (κ3) is 1.98. The van der Waals surface area contributed by atoms with Crippen molar-refractivity contribution in [3.63, 3.8) is 0 Å². The van der Waals surface area contributed by atoms with Crippen LogP contribution >= 0.6 is 0 Å². The Morgan fingerprint density at radius 1 is 1.40 bits per heavy atom. The SMILES string of the molecule is CC(C)[C@@H]1C[C@H](C)CCO1. The van der Waals surface area contributed by atoms with E-state index in [0.717, 1.165) is 12.5 Å². The van der Waals surface area contributed by atoms with E-state index in [0.29, 0.717) is 12.0 Å². The van der Waals surface area contributed by atoms with Crippen LogP contribution in [0.25, 0.3) is 0 Å². The highest BCUT2D eigenvalue weighted by atomic mass is 16.5. The van der Waals surface area contributed by atoms with Crippen LogP contribution < -0.4 is 0 Å². The van der Waals surface area contributed by atoms with Gasteiger partial charge in [0.1, 0.15) is 0 Å². The highest BCUT2D eigenvalue weighted by Gasteiger charge is 2.21. The van der Waals surface area contributed by atoms with Gasteiger partial charge in [-0.3, -0.25) is 0 Å². The van der Waals surface area contributed by atoms with Crippen LogP contribution in [0.5, 0.6) is 0 Å². The zero-order valence-corrected chi connectivity index (χ0v) is 7.26. The summed E-state index contributed by atoms with van der Waals surface area (Å²) in [5.74, 6) is 1.57. The molecule has 0 aromatic heterocycles. The second-order valence-corrected chi connectivity index (χ2v) is 3.78. The number of ether oxygens (including phenoxy) is 1. The molecule has 0 spiro atoms. The van der Waals surface area contributed by atoms with Crippen molar-refractivity contribution >= 4 is 0 Å². The summed E-state index contributed by atoms with van der Waals surface area (Å²) in [7, 11) is 0. The van der Waals surface area contributed by atoms with E-state index in [4.69, 9.17) is 4.74 Å². The van der Waals surface area contributed by atoms with Crippen molar-refractivity contribution in [1.82, 2.24) is 0 Å². The Morgan fingerprint density at radius 2 is 2.10 bits per heavy atom. The molecule has 0 aromatic rings. The van der Waals surface area contributed by atoms with Gasteiger partial charge in [0, 0.05) is 6.61 Å². The first-order valence-corrected chi connectivity index (χ1v) is 4.31. The summed E-state index contributed by atoms with van der Waals surface area (Å²) in [5.41, 5.74) is 0. The Hall–Kier alpha value is -0.0400. The van der Waals surface area contributed by atoms with Crippen LogP contribution in [0.3, 0.4) is 0 Å². The molecule has 0 radical (unpaired) electrons. The van der Waals surface area contributed by atoms with E-state index in [1.54, 1.807) is 0 Å². The summed E-state index contributed by atoms with van der Waals surface area (Å²) >= 11 is 0. The predicted molar refractivity (Wildman–Crippen MR) is 43.0 cm³/mol. The lowest BCUT2D eigenvalue weighted by molar-refractivity contribution is -0.0304. The first kappa shape index (κ1) is 8.06. The van der Waals surface area contributed by atoms with Crippen molar-refractivity contribution in [3.05, 3.63) is 0 Å². The summed E-state index contributed by atoms with van der Waals surface area (Å²) in [6.45, 7) is 7.77. The smallest absolute Gasteiger partial charge is 0.0600 e. The third-order valence-corrected chi connectivity index (χ3v) is 2.32. The summed E-state index contributed by atoms with van der Waals surface area (Å²) in [6, 6.07) is 0. The second-order valence-electron chi connectivity index (χ2n) is 3.78. The molecule has 60 valence electrons. The van der Waals surface area contributed by atoms with Crippen LogP contribution in [-0.4, -0.2) is 12.7 Å². The molecule has 1 aliphatic heterocycles. The Morgan fingerprint density at radius 3 is 2.50 bits per heavy atom. The molecule has 1 rings (SSSR count). The topological polar surface area (TPSA) is 9.23 Å². The van der Waals surface area contributed by atoms with Crippen molar-refractivity contribution in [2.24, 2.45) is 11.8 Å². The lowest BCUT2D eigenvalue weighted by Gasteiger charge is -2.29. The first-order chi connectivity index (χ1) is 4.70. The Labute approximate surface area is 63.8 Å². The normalized spacial score (nSPS) is 34.8. The molecule has 10 heavy (non-hydrogen) atoms. The van der Waals surface area contributed by atoms with Gasteiger partial charge in [-0.2, -0.15) is 0 Å². The fourth-order valence-electron chi connectivity index (χ4n) is 1.47. The summed E-state index contributed by atoms with van der Waals surface area (Å²) in [6.07, 6.45) is 3.05. The molecule has 1 heteroatoms. The maximum Gasteiger partial charge on any atom is 0.0600 e. The molecule has 0 unspecified atom stereocenters. The van der Waals surface area contributed by atoms with E-state index in [-0.39, 0.29) is 0 Å². The molecule has 1 aliphatic rings. The summed E-state index contributed by atoms with van der Waals surface area (Å²) in [4.78, 5) is 0. The average molecular weight is 142 g/mol. The first-order valence-electron chi connectivity index (χ1n) is 4.31. The largest absolute Gasteiger partial charge is 0.378 e. The van der Waals surface area contributed by atoms with E-state index >= 15 is 0 Å². The van der Waals surface area contributed by atoms with Crippen molar-refractivity contribution in [3.8, 4) is 0 Å². The monoisotopic (exact) mass is 142 g/mol. The Balaban J connectivity index is 2.32. The molecular formula is C9H18O. The lowest BCUT2D eigenvalue weighted by Crippen LogP contribution is -2.28. The van der Waals surface area contributed by atoms with Gasteiger partial charge in [-0.15, -0.1) is 0 Å². The van der Waals surface area contributed by atoms with Crippen LogP contribution in [0, 0.1) is 11.8 Å². The van der Waals surface area contributed by atoms with Crippen molar-refractivity contribution < 1.29 is 4.74 Å². The molecule has 1 saturated heterocycles. The van der Waals surface area contributed by atoms with Gasteiger partial charge in [0.25, 0.3) is 0 Å². The van der Waals surface area contributed by atoms with E-state index in [1.165, 1.54) is 12.8 Å². The van der Waals surface area contributed by atoms with Gasteiger partial charge in [0.2, 0.25) is 0 Å². The highest BCUT2D eigenvalue weighted by Crippen LogP contribution is 2.23. The van der Waals surface area contributed by atoms with Crippen molar-refractivity contribution in [2.75, 3.05) is 6.61 Å². The van der Waals surface area contributed by atoms with Crippen molar-refractivity contribution in [2.45, 2.75) is 39.7 Å². The molecule has 0 bridgehead atoms. The molecule has 1 nitrogen and oxygen atoms in total. The molecule has 1 fully saturated rings. The van der Waals surface area contributed by atoms with Gasteiger partial charge in [-0.25, -0.2) is 0 Å². The number of rotatable bonds is 1. The van der Waals surface area contributed by atoms with Crippen LogP contribution in [0.4, 0.5) is 0 Å². The number of hydrogen-bond acceptors (Lipinski definition) is 1. The fraction of sp³-hybridized carbons (Fsp3) is 1.00. The van der Waals surface area contributed by atoms with E-state index in [9.17, 15) is 0 Å². The predicted octanol–water partition coefficient (Wildman–Crippen LogP) is 2.46. The van der Waals surface area contributed by atoms with Crippen LogP contribution in [0.15, 0.2) is 0 Å². The lowest BCUT2D eigenvalue weighted by atomic mass is 9.92. The van der Waals surface area contributed by atoms with Gasteiger partial charge in [-0.05, 0) is 24.7 Å². The summed E-state index contributed by atoms with van der Waals surface area (Å²) in [5, 5.41) is 0. The van der Waals surface area contributed by atoms with E-state index < -0.39 is 0 Å². The molecule has 0 amide bonds. The molecule has 0 aliphatic carbocycles. The molecule has 0 saturated carbocycles. The van der Waals surface area contributed by atoms with E-state index in [2.05, 4.69) is 20.8 Å². The van der Waals surface area contributed by atoms with Gasteiger partial charge in [-0.1, -0.05) is 20.8 Å². The maximum absolute atomic E-state index is 5.61. The summed E-state index contributed by atoms with van der Waals surface area (Å²) < 4.78 is 5.61. The zero-order valence-electron chi connectivity index (χ0n) is 7.26. The molecule has 0 aromatic carbocycles. The average Bonchev–Trinajstić information content (AvgIpc) is 1.88. The minimum absolute atomic E-state index is 0.531.